The van der Waals surface area contributed by atoms with Gasteiger partial charge in [0.1, 0.15) is 6.04 Å². The van der Waals surface area contributed by atoms with Crippen LogP contribution in [0, 0.1) is 0 Å². The summed E-state index contributed by atoms with van der Waals surface area (Å²) in [6, 6.07) is -1.63. The van der Waals surface area contributed by atoms with E-state index in [9.17, 15) is 13.2 Å². The summed E-state index contributed by atoms with van der Waals surface area (Å²) in [6.45, 7) is 9.92. The molecule has 0 rings (SSSR count). The molecule has 98 valence electrons. The Kier molecular flexibility index (Phi) is 4.83. The highest BCUT2D eigenvalue weighted by atomic mass is 19.4. The van der Waals surface area contributed by atoms with E-state index in [4.69, 9.17) is 4.74 Å². The molecule has 2 nitrogen and oxygen atoms in total. The fourth-order valence-electron chi connectivity index (χ4n) is 1.07. The lowest BCUT2D eigenvalue weighted by Gasteiger charge is -2.32. The maximum Gasteiger partial charge on any atom is 0.406 e. The van der Waals surface area contributed by atoms with Crippen LogP contribution in [0.1, 0.15) is 41.5 Å². The Bertz CT molecular complexity index is 213. The van der Waals surface area contributed by atoms with Crippen molar-refractivity contribution in [1.82, 2.24) is 5.32 Å². The van der Waals surface area contributed by atoms with Crippen LogP contribution in [0.25, 0.3) is 0 Å². The summed E-state index contributed by atoms with van der Waals surface area (Å²) in [6.07, 6.45) is -4.29. The van der Waals surface area contributed by atoms with Crippen molar-refractivity contribution in [3.8, 4) is 0 Å². The number of alkyl halides is 3. The summed E-state index contributed by atoms with van der Waals surface area (Å²) >= 11 is 0. The zero-order chi connectivity index (χ0) is 13.2. The first-order valence-corrected chi connectivity index (χ1v) is 5.30. The quantitative estimate of drug-likeness (QED) is 0.819. The van der Waals surface area contributed by atoms with E-state index >= 15 is 0 Å². The van der Waals surface area contributed by atoms with Gasteiger partial charge in [0.25, 0.3) is 0 Å². The lowest BCUT2D eigenvalue weighted by atomic mass is 10.1. The highest BCUT2D eigenvalue weighted by molar-refractivity contribution is 4.83. The molecule has 0 saturated carbocycles. The van der Waals surface area contributed by atoms with Crippen LogP contribution in [0.5, 0.6) is 0 Å². The Balaban J connectivity index is 4.47. The maximum absolute atomic E-state index is 12.7. The van der Waals surface area contributed by atoms with E-state index in [-0.39, 0.29) is 6.61 Å². The summed E-state index contributed by atoms with van der Waals surface area (Å²) in [7, 11) is 0. The third kappa shape index (κ3) is 7.93. The van der Waals surface area contributed by atoms with Gasteiger partial charge < -0.3 is 4.74 Å². The van der Waals surface area contributed by atoms with E-state index in [0.29, 0.717) is 0 Å². The highest BCUT2D eigenvalue weighted by Gasteiger charge is 2.42. The van der Waals surface area contributed by atoms with Gasteiger partial charge in [-0.25, -0.2) is 0 Å². The fraction of sp³-hybridized carbons (Fsp3) is 1.00. The maximum atomic E-state index is 12.7. The summed E-state index contributed by atoms with van der Waals surface area (Å²) in [4.78, 5) is 0. The first-order valence-electron chi connectivity index (χ1n) is 5.30. The molecule has 0 aromatic heterocycles. The number of hydrogen-bond acceptors (Lipinski definition) is 2. The van der Waals surface area contributed by atoms with Crippen LogP contribution in [0.4, 0.5) is 13.2 Å². The van der Waals surface area contributed by atoms with Gasteiger partial charge in [-0.3, -0.25) is 5.32 Å². The number of ether oxygens (including phenoxy) is 1. The zero-order valence-electron chi connectivity index (χ0n) is 10.8. The Morgan fingerprint density at radius 3 is 1.69 bits per heavy atom. The molecule has 0 heterocycles. The van der Waals surface area contributed by atoms with Crippen LogP contribution in [0.2, 0.25) is 0 Å². The summed E-state index contributed by atoms with van der Waals surface area (Å²) < 4.78 is 43.2. The molecule has 0 amide bonds. The first-order chi connectivity index (χ1) is 6.81. The van der Waals surface area contributed by atoms with Gasteiger partial charge in [-0.1, -0.05) is 0 Å². The van der Waals surface area contributed by atoms with E-state index in [2.05, 4.69) is 5.32 Å². The Morgan fingerprint density at radius 2 is 1.44 bits per heavy atom. The molecule has 5 heteroatoms. The molecular weight excluding hydrogens is 219 g/mol. The van der Waals surface area contributed by atoms with E-state index in [1.165, 1.54) is 0 Å². The molecule has 1 N–H and O–H groups in total. The third-order valence-corrected chi connectivity index (χ3v) is 1.69. The van der Waals surface area contributed by atoms with Crippen molar-refractivity contribution < 1.29 is 17.9 Å². The predicted octanol–water partition coefficient (Wildman–Crippen LogP) is 3.12. The predicted molar refractivity (Wildman–Crippen MR) is 58.4 cm³/mol. The van der Waals surface area contributed by atoms with Gasteiger partial charge in [0, 0.05) is 5.54 Å². The molecule has 0 aliphatic heterocycles. The normalized spacial score (nSPS) is 16.3. The minimum Gasteiger partial charge on any atom is -0.374 e. The van der Waals surface area contributed by atoms with Crippen molar-refractivity contribution in [2.24, 2.45) is 0 Å². The SMILES string of the molecule is CC(C)(C)NC(COC(C)(C)C)C(F)(F)F. The van der Waals surface area contributed by atoms with Crippen LogP contribution in [-0.2, 0) is 4.74 Å². The van der Waals surface area contributed by atoms with Crippen LogP contribution < -0.4 is 5.32 Å². The highest BCUT2D eigenvalue weighted by Crippen LogP contribution is 2.23. The van der Waals surface area contributed by atoms with Gasteiger partial charge in [-0.15, -0.1) is 0 Å². The topological polar surface area (TPSA) is 21.3 Å². The van der Waals surface area contributed by atoms with Crippen molar-refractivity contribution >= 4 is 0 Å². The number of hydrogen-bond donors (Lipinski definition) is 1. The average molecular weight is 241 g/mol. The van der Waals surface area contributed by atoms with Gasteiger partial charge >= 0.3 is 6.18 Å². The van der Waals surface area contributed by atoms with Gasteiger partial charge in [0.2, 0.25) is 0 Å². The van der Waals surface area contributed by atoms with Gasteiger partial charge in [0.15, 0.2) is 0 Å². The molecule has 0 aliphatic carbocycles. The number of rotatable bonds is 3. The molecule has 0 aliphatic rings. The molecule has 0 fully saturated rings. The minimum atomic E-state index is -4.29. The lowest BCUT2D eigenvalue weighted by molar-refractivity contribution is -0.180. The second-order valence-electron chi connectivity index (χ2n) is 5.91. The van der Waals surface area contributed by atoms with Gasteiger partial charge in [-0.2, -0.15) is 13.2 Å². The molecule has 16 heavy (non-hydrogen) atoms. The molecule has 0 bridgehead atoms. The van der Waals surface area contributed by atoms with Crippen LogP contribution >= 0.6 is 0 Å². The third-order valence-electron chi connectivity index (χ3n) is 1.69. The summed E-state index contributed by atoms with van der Waals surface area (Å²) in [5, 5.41) is 2.52. The minimum absolute atomic E-state index is 0.371. The largest absolute Gasteiger partial charge is 0.406 e. The monoisotopic (exact) mass is 241 g/mol. The molecule has 0 spiro atoms. The molecular formula is C11H22F3NO. The lowest BCUT2D eigenvalue weighted by Crippen LogP contribution is -2.54. The van der Waals surface area contributed by atoms with Crippen molar-refractivity contribution in [3.63, 3.8) is 0 Å². The molecule has 0 aromatic carbocycles. The van der Waals surface area contributed by atoms with E-state index in [1.807, 2.05) is 0 Å². The van der Waals surface area contributed by atoms with E-state index < -0.39 is 23.4 Å². The molecule has 0 aromatic rings. The second-order valence-corrected chi connectivity index (χ2v) is 5.91. The second kappa shape index (κ2) is 4.92. The first kappa shape index (κ1) is 15.7. The van der Waals surface area contributed by atoms with Crippen molar-refractivity contribution in [3.05, 3.63) is 0 Å². The van der Waals surface area contributed by atoms with Crippen LogP contribution in [0.3, 0.4) is 0 Å². The molecule has 0 saturated heterocycles. The van der Waals surface area contributed by atoms with E-state index in [0.717, 1.165) is 0 Å². The summed E-state index contributed by atoms with van der Waals surface area (Å²) in [5.41, 5.74) is -1.16. The molecule has 0 radical (unpaired) electrons. The average Bonchev–Trinajstić information content (AvgIpc) is 1.91. The van der Waals surface area contributed by atoms with Gasteiger partial charge in [0.05, 0.1) is 12.2 Å². The zero-order valence-corrected chi connectivity index (χ0v) is 10.8. The standard InChI is InChI=1S/C11H22F3NO/c1-9(2,3)15-8(11(12,13)14)7-16-10(4,5)6/h8,15H,7H2,1-6H3. The van der Waals surface area contributed by atoms with Crippen molar-refractivity contribution in [1.29, 1.82) is 0 Å². The van der Waals surface area contributed by atoms with Crippen molar-refractivity contribution in [2.75, 3.05) is 6.61 Å². The summed E-state index contributed by atoms with van der Waals surface area (Å²) in [5.74, 6) is 0. The Labute approximate surface area is 95.5 Å². The number of nitrogens with one attached hydrogen (secondary N) is 1. The van der Waals surface area contributed by atoms with Crippen molar-refractivity contribution in [2.45, 2.75) is 64.9 Å². The number of halogens is 3. The van der Waals surface area contributed by atoms with Crippen LogP contribution in [0.15, 0.2) is 0 Å². The molecule has 1 atom stereocenters. The Hall–Kier alpha value is -0.290. The fourth-order valence-corrected chi connectivity index (χ4v) is 1.07. The smallest absolute Gasteiger partial charge is 0.374 e. The van der Waals surface area contributed by atoms with E-state index in [1.54, 1.807) is 41.5 Å². The molecule has 1 unspecified atom stereocenters. The Morgan fingerprint density at radius 1 is 1.00 bits per heavy atom. The van der Waals surface area contributed by atoms with Gasteiger partial charge in [-0.05, 0) is 41.5 Å². The van der Waals surface area contributed by atoms with Crippen LogP contribution in [-0.4, -0.2) is 30.0 Å².